The van der Waals surface area contributed by atoms with Crippen LogP contribution in [0.2, 0.25) is 0 Å². The van der Waals surface area contributed by atoms with Crippen molar-refractivity contribution in [3.8, 4) is 0 Å². The van der Waals surface area contributed by atoms with Gasteiger partial charge in [0.2, 0.25) is 0 Å². The van der Waals surface area contributed by atoms with E-state index in [1.165, 1.54) is 51.4 Å². The summed E-state index contributed by atoms with van der Waals surface area (Å²) in [6.07, 6.45) is 16.8. The third kappa shape index (κ3) is 5.17. The molecule has 3 fully saturated rings. The van der Waals surface area contributed by atoms with Crippen LogP contribution in [0, 0.1) is 46.3 Å². The van der Waals surface area contributed by atoms with Crippen LogP contribution in [-0.2, 0) is 9.53 Å². The molecule has 35 heavy (non-hydrogen) atoms. The Kier molecular flexibility index (Phi) is 8.22. The quantitative estimate of drug-likeness (QED) is 0.197. The molecule has 0 unspecified atom stereocenters. The van der Waals surface area contributed by atoms with Gasteiger partial charge in [-0.15, -0.1) is 0 Å². The lowest BCUT2D eigenvalue weighted by Gasteiger charge is -2.58. The Morgan fingerprint density at radius 2 is 1.80 bits per heavy atom. The first-order valence-electron chi connectivity index (χ1n) is 14.7. The Morgan fingerprint density at radius 1 is 1.06 bits per heavy atom. The Bertz CT molecular complexity index is 852. The van der Waals surface area contributed by atoms with Crippen molar-refractivity contribution in [3.63, 3.8) is 0 Å². The van der Waals surface area contributed by atoms with Crippen LogP contribution in [0.25, 0.3) is 0 Å². The normalized spacial score (nSPS) is 40.3. The maximum Gasteiger partial charge on any atom is 0.335 e. The van der Waals surface area contributed by atoms with Crippen molar-refractivity contribution in [1.29, 1.82) is 0 Å². The molecule has 0 aliphatic heterocycles. The molecule has 0 bridgehead atoms. The molecule has 4 aliphatic rings. The van der Waals surface area contributed by atoms with Gasteiger partial charge >= 0.3 is 5.97 Å². The minimum Gasteiger partial charge on any atom is -0.459 e. The predicted octanol–water partition coefficient (Wildman–Crippen LogP) is 9.47. The second-order valence-corrected chi connectivity index (χ2v) is 14.3. The van der Waals surface area contributed by atoms with Gasteiger partial charge in [0.25, 0.3) is 0 Å². The van der Waals surface area contributed by atoms with Crippen LogP contribution in [0.3, 0.4) is 0 Å². The van der Waals surface area contributed by atoms with Crippen molar-refractivity contribution in [1.82, 2.24) is 0 Å². The molecule has 4 aliphatic carbocycles. The molecule has 4 rings (SSSR count). The van der Waals surface area contributed by atoms with Crippen LogP contribution in [0.4, 0.5) is 0 Å². The first kappa shape index (κ1) is 27.3. The molecule has 0 radical (unpaired) electrons. The molecule has 8 atom stereocenters. The van der Waals surface area contributed by atoms with Crippen molar-refractivity contribution >= 4 is 17.6 Å². The van der Waals surface area contributed by atoms with Gasteiger partial charge in [-0.2, -0.15) is 0 Å². The summed E-state index contributed by atoms with van der Waals surface area (Å²) in [4.78, 5) is 12.5. The van der Waals surface area contributed by atoms with Crippen LogP contribution in [0.1, 0.15) is 119 Å². The van der Waals surface area contributed by atoms with Crippen LogP contribution >= 0.6 is 11.6 Å². The predicted molar refractivity (Wildman–Crippen MR) is 147 cm³/mol. The molecule has 0 aromatic rings. The molecule has 198 valence electrons. The van der Waals surface area contributed by atoms with E-state index in [2.05, 4.69) is 40.7 Å². The summed E-state index contributed by atoms with van der Waals surface area (Å²) < 4.78 is 5.90. The largest absolute Gasteiger partial charge is 0.459 e. The van der Waals surface area contributed by atoms with Gasteiger partial charge in [-0.05, 0) is 105 Å². The number of esters is 1. The van der Waals surface area contributed by atoms with Crippen LogP contribution < -0.4 is 0 Å². The van der Waals surface area contributed by atoms with Gasteiger partial charge < -0.3 is 4.74 Å². The van der Waals surface area contributed by atoms with Crippen molar-refractivity contribution in [2.24, 2.45) is 46.3 Å². The van der Waals surface area contributed by atoms with Gasteiger partial charge in [0.05, 0.1) is 0 Å². The number of ether oxygens (including phenoxy) is 1. The fraction of sp³-hybridized carbons (Fsp3) is 0.844. The number of allylic oxidation sites excluding steroid dienone is 2. The van der Waals surface area contributed by atoms with Crippen molar-refractivity contribution in [2.75, 3.05) is 0 Å². The van der Waals surface area contributed by atoms with Crippen LogP contribution in [0.15, 0.2) is 22.3 Å². The maximum absolute atomic E-state index is 12.5. The molecule has 0 amide bonds. The molecule has 0 saturated heterocycles. The summed E-state index contributed by atoms with van der Waals surface area (Å²) in [5.74, 6) is 4.91. The monoisotopic (exact) mass is 502 g/mol. The van der Waals surface area contributed by atoms with E-state index in [0.717, 1.165) is 54.8 Å². The number of hydrogen-bond donors (Lipinski definition) is 0. The summed E-state index contributed by atoms with van der Waals surface area (Å²) >= 11 is 6.04. The molecule has 3 heteroatoms. The van der Waals surface area contributed by atoms with Crippen molar-refractivity contribution in [3.05, 3.63) is 22.3 Å². The summed E-state index contributed by atoms with van der Waals surface area (Å²) in [5, 5.41) is 0.532. The van der Waals surface area contributed by atoms with Gasteiger partial charge in [-0.1, -0.05) is 77.1 Å². The van der Waals surface area contributed by atoms with E-state index < -0.39 is 0 Å². The van der Waals surface area contributed by atoms with E-state index in [9.17, 15) is 4.79 Å². The van der Waals surface area contributed by atoms with E-state index in [-0.39, 0.29) is 12.1 Å². The highest BCUT2D eigenvalue weighted by Crippen LogP contribution is 2.67. The third-order valence-electron chi connectivity index (χ3n) is 11.4. The zero-order valence-electron chi connectivity index (χ0n) is 23.6. The zero-order valence-corrected chi connectivity index (χ0v) is 24.3. The molecular weight excluding hydrogens is 452 g/mol. The highest BCUT2D eigenvalue weighted by molar-refractivity contribution is 6.31. The van der Waals surface area contributed by atoms with Gasteiger partial charge in [0.15, 0.2) is 0 Å². The average molecular weight is 503 g/mol. The molecule has 0 heterocycles. The standard InChI is InChI=1S/C32H51ClO2/c1-20(2)9-8-10-21(3)27-13-14-28-26-12-11-24-19-25(35-30(34)22(4)23(5)33)15-17-31(24,6)29(26)16-18-32(27,28)7/h11,20-21,25-29H,8-10,12-19H2,1-7H3/b23-22+/t21-,25-,26+,27+,28-,29+,31-,32+/m0/s1. The topological polar surface area (TPSA) is 26.3 Å². The molecule has 0 aromatic heterocycles. The van der Waals surface area contributed by atoms with Crippen molar-refractivity contribution < 1.29 is 9.53 Å². The smallest absolute Gasteiger partial charge is 0.335 e. The number of carbonyl (C=O) groups excluding carboxylic acids is 1. The lowest BCUT2D eigenvalue weighted by atomic mass is 9.47. The second kappa shape index (κ2) is 10.5. The molecule has 0 N–H and O–H groups in total. The molecule has 3 saturated carbocycles. The fourth-order valence-corrected chi connectivity index (χ4v) is 9.21. The first-order chi connectivity index (χ1) is 16.5. The Balaban J connectivity index is 1.44. The van der Waals surface area contributed by atoms with E-state index >= 15 is 0 Å². The highest BCUT2D eigenvalue weighted by atomic mass is 35.5. The number of hydrogen-bond acceptors (Lipinski definition) is 2. The van der Waals surface area contributed by atoms with Gasteiger partial charge in [0.1, 0.15) is 6.10 Å². The van der Waals surface area contributed by atoms with E-state index in [1.54, 1.807) is 19.4 Å². The molecule has 0 spiro atoms. The Labute approximate surface area is 220 Å². The van der Waals surface area contributed by atoms with Crippen LogP contribution in [0.5, 0.6) is 0 Å². The Hall–Kier alpha value is -0.760. The maximum atomic E-state index is 12.5. The molecule has 0 aromatic carbocycles. The Morgan fingerprint density at radius 3 is 2.49 bits per heavy atom. The molecule has 2 nitrogen and oxygen atoms in total. The third-order valence-corrected chi connectivity index (χ3v) is 11.6. The number of rotatable bonds is 7. The minimum absolute atomic E-state index is 0.000692. The SMILES string of the molecule is C/C(Cl)=C(/C)C(=O)O[C@H]1CC[C@@]2(C)C(=CC[C@H]3[C@H]2CC[C@]2(C)[C@@H]([C@@H](C)CCCC(C)C)CC[C@@H]32)C1. The average Bonchev–Trinajstić information content (AvgIpc) is 3.15. The molecular formula is C32H51ClO2. The number of carbonyl (C=O) groups is 1. The van der Waals surface area contributed by atoms with E-state index in [4.69, 9.17) is 16.3 Å². The summed E-state index contributed by atoms with van der Waals surface area (Å²) in [7, 11) is 0. The van der Waals surface area contributed by atoms with E-state index in [0.29, 0.717) is 21.4 Å². The van der Waals surface area contributed by atoms with Gasteiger partial charge in [-0.3, -0.25) is 0 Å². The lowest BCUT2D eigenvalue weighted by molar-refractivity contribution is -0.146. The lowest BCUT2D eigenvalue weighted by Crippen LogP contribution is -2.51. The summed E-state index contributed by atoms with van der Waals surface area (Å²) in [6.45, 7) is 16.0. The second-order valence-electron chi connectivity index (χ2n) is 13.7. The van der Waals surface area contributed by atoms with Crippen molar-refractivity contribution in [2.45, 2.75) is 125 Å². The zero-order chi connectivity index (χ0) is 25.5. The minimum atomic E-state index is -0.242. The van der Waals surface area contributed by atoms with Crippen LogP contribution in [-0.4, -0.2) is 12.1 Å². The highest BCUT2D eigenvalue weighted by Gasteiger charge is 2.59. The number of halogens is 1. The first-order valence-corrected chi connectivity index (χ1v) is 15.1. The van der Waals surface area contributed by atoms with E-state index in [1.807, 2.05) is 0 Å². The van der Waals surface area contributed by atoms with Gasteiger partial charge in [-0.25, -0.2) is 4.79 Å². The summed E-state index contributed by atoms with van der Waals surface area (Å²) in [5.41, 5.74) is 2.95. The van der Waals surface area contributed by atoms with Gasteiger partial charge in [0, 0.05) is 17.0 Å². The fourth-order valence-electron chi connectivity index (χ4n) is 9.13. The summed E-state index contributed by atoms with van der Waals surface area (Å²) in [6, 6.07) is 0. The number of fused-ring (bicyclic) bond motifs is 5.